The highest BCUT2D eigenvalue weighted by Gasteiger charge is 2.14. The Labute approximate surface area is 94.0 Å². The quantitative estimate of drug-likeness (QED) is 0.786. The molecule has 82 valence electrons. The number of hydrogen-bond donors (Lipinski definition) is 1. The molecule has 1 fully saturated rings. The molecule has 0 aliphatic carbocycles. The van der Waals surface area contributed by atoms with Gasteiger partial charge in [0.15, 0.2) is 0 Å². The van der Waals surface area contributed by atoms with Gasteiger partial charge in [0.2, 0.25) is 5.28 Å². The van der Waals surface area contributed by atoms with Crippen LogP contribution in [-0.4, -0.2) is 29.2 Å². The predicted octanol–water partition coefficient (Wildman–Crippen LogP) is 2.03. The number of nitrogens with zero attached hydrogens (tertiary/aromatic N) is 2. The Morgan fingerprint density at radius 3 is 2.80 bits per heavy atom. The Balaban J connectivity index is 2.02. The van der Waals surface area contributed by atoms with Gasteiger partial charge in [-0.2, -0.15) is 0 Å². The second kappa shape index (κ2) is 4.77. The van der Waals surface area contributed by atoms with E-state index in [2.05, 4.69) is 15.3 Å². The van der Waals surface area contributed by atoms with Crippen molar-refractivity contribution in [1.82, 2.24) is 9.97 Å². The molecule has 15 heavy (non-hydrogen) atoms. The monoisotopic (exact) mass is 227 g/mol. The maximum atomic E-state index is 5.78. The second-order valence-corrected chi connectivity index (χ2v) is 4.03. The minimum absolute atomic E-state index is 0.296. The summed E-state index contributed by atoms with van der Waals surface area (Å²) in [4.78, 5) is 8.15. The minimum atomic E-state index is 0.296. The molecule has 4 nitrogen and oxygen atoms in total. The van der Waals surface area contributed by atoms with Crippen LogP contribution in [0.25, 0.3) is 0 Å². The Kier molecular flexibility index (Phi) is 3.38. The van der Waals surface area contributed by atoms with Gasteiger partial charge in [0.05, 0.1) is 0 Å². The zero-order valence-corrected chi connectivity index (χ0v) is 9.42. The molecule has 0 aromatic carbocycles. The lowest BCUT2D eigenvalue weighted by Crippen LogP contribution is -2.28. The van der Waals surface area contributed by atoms with Crippen molar-refractivity contribution in [1.29, 1.82) is 0 Å². The van der Waals surface area contributed by atoms with Crippen LogP contribution < -0.4 is 5.32 Å². The maximum absolute atomic E-state index is 5.78. The summed E-state index contributed by atoms with van der Waals surface area (Å²) in [5.74, 6) is 0.805. The average molecular weight is 228 g/mol. The highest BCUT2D eigenvalue weighted by molar-refractivity contribution is 6.28. The first kappa shape index (κ1) is 10.6. The third kappa shape index (κ3) is 3.04. The van der Waals surface area contributed by atoms with Gasteiger partial charge in [-0.15, -0.1) is 0 Å². The van der Waals surface area contributed by atoms with Gasteiger partial charge in [-0.1, -0.05) is 0 Å². The number of nitrogens with one attached hydrogen (secondary N) is 1. The Bertz CT molecular complexity index is 319. The fraction of sp³-hybridized carbons (Fsp3) is 0.600. The summed E-state index contributed by atoms with van der Waals surface area (Å²) in [6.07, 6.45) is 2.03. The molecule has 0 radical (unpaired) electrons. The SMILES string of the molecule is Cc1cc(NC2CCOCC2)nc(Cl)n1. The largest absolute Gasteiger partial charge is 0.381 e. The average Bonchev–Trinajstić information content (AvgIpc) is 2.17. The summed E-state index contributed by atoms with van der Waals surface area (Å²) in [6, 6.07) is 2.34. The predicted molar refractivity (Wildman–Crippen MR) is 59.2 cm³/mol. The van der Waals surface area contributed by atoms with Crippen LogP contribution in [-0.2, 0) is 4.74 Å². The molecule has 0 atom stereocenters. The summed E-state index contributed by atoms with van der Waals surface area (Å²) in [5, 5.41) is 3.64. The molecule has 0 bridgehead atoms. The van der Waals surface area contributed by atoms with Crippen LogP contribution in [0.3, 0.4) is 0 Å². The fourth-order valence-electron chi connectivity index (χ4n) is 1.66. The molecule has 1 aromatic rings. The minimum Gasteiger partial charge on any atom is -0.381 e. The van der Waals surface area contributed by atoms with Gasteiger partial charge in [-0.3, -0.25) is 0 Å². The number of halogens is 1. The molecule has 2 heterocycles. The molecule has 1 aliphatic heterocycles. The van der Waals surface area contributed by atoms with Crippen LogP contribution in [0.4, 0.5) is 5.82 Å². The van der Waals surface area contributed by atoms with Gasteiger partial charge in [0.25, 0.3) is 0 Å². The van der Waals surface area contributed by atoms with Gasteiger partial charge in [-0.25, -0.2) is 9.97 Å². The highest BCUT2D eigenvalue weighted by atomic mass is 35.5. The first-order valence-electron chi connectivity index (χ1n) is 5.09. The molecule has 2 rings (SSSR count). The number of hydrogen-bond acceptors (Lipinski definition) is 4. The van der Waals surface area contributed by atoms with E-state index < -0.39 is 0 Å². The number of rotatable bonds is 2. The summed E-state index contributed by atoms with van der Waals surface area (Å²) in [7, 11) is 0. The van der Waals surface area contributed by atoms with Crippen LogP contribution in [0.15, 0.2) is 6.07 Å². The van der Waals surface area contributed by atoms with Crippen molar-refractivity contribution >= 4 is 17.4 Å². The molecule has 0 saturated carbocycles. The van der Waals surface area contributed by atoms with E-state index in [1.54, 1.807) is 0 Å². The van der Waals surface area contributed by atoms with E-state index >= 15 is 0 Å². The fourth-order valence-corrected chi connectivity index (χ4v) is 1.88. The number of ether oxygens (including phenoxy) is 1. The molecular formula is C10H14ClN3O. The van der Waals surface area contributed by atoms with Gasteiger partial charge in [0.1, 0.15) is 5.82 Å². The molecule has 0 unspecified atom stereocenters. The normalized spacial score (nSPS) is 17.7. The summed E-state index contributed by atoms with van der Waals surface area (Å²) in [5.41, 5.74) is 0.879. The lowest BCUT2D eigenvalue weighted by Gasteiger charge is -2.23. The summed E-state index contributed by atoms with van der Waals surface area (Å²) >= 11 is 5.78. The lowest BCUT2D eigenvalue weighted by molar-refractivity contribution is 0.0904. The van der Waals surface area contributed by atoms with E-state index in [1.807, 2.05) is 13.0 Å². The molecular weight excluding hydrogens is 214 g/mol. The van der Waals surface area contributed by atoms with E-state index in [9.17, 15) is 0 Å². The molecule has 1 N–H and O–H groups in total. The van der Waals surface area contributed by atoms with E-state index in [1.165, 1.54) is 0 Å². The molecule has 0 spiro atoms. The van der Waals surface area contributed by atoms with Crippen molar-refractivity contribution in [3.63, 3.8) is 0 Å². The van der Waals surface area contributed by atoms with Crippen molar-refractivity contribution in [3.05, 3.63) is 17.0 Å². The molecule has 1 saturated heterocycles. The van der Waals surface area contributed by atoms with Crippen molar-refractivity contribution in [2.24, 2.45) is 0 Å². The third-order valence-electron chi connectivity index (χ3n) is 2.40. The standard InChI is InChI=1S/C10H14ClN3O/c1-7-6-9(14-10(11)12-7)13-8-2-4-15-5-3-8/h6,8H,2-5H2,1H3,(H,12,13,14). The van der Waals surface area contributed by atoms with Gasteiger partial charge in [-0.05, 0) is 31.4 Å². The smallest absolute Gasteiger partial charge is 0.224 e. The second-order valence-electron chi connectivity index (χ2n) is 3.69. The van der Waals surface area contributed by atoms with Crippen LogP contribution in [0.1, 0.15) is 18.5 Å². The molecule has 0 amide bonds. The Hall–Kier alpha value is -0.870. The van der Waals surface area contributed by atoms with Crippen LogP contribution in [0.5, 0.6) is 0 Å². The van der Waals surface area contributed by atoms with E-state index in [-0.39, 0.29) is 0 Å². The van der Waals surface area contributed by atoms with Crippen molar-refractivity contribution in [2.75, 3.05) is 18.5 Å². The van der Waals surface area contributed by atoms with E-state index in [0.717, 1.165) is 37.6 Å². The van der Waals surface area contributed by atoms with Crippen LogP contribution >= 0.6 is 11.6 Å². The van der Waals surface area contributed by atoms with E-state index in [0.29, 0.717) is 11.3 Å². The number of aromatic nitrogens is 2. The van der Waals surface area contributed by atoms with Crippen molar-refractivity contribution < 1.29 is 4.74 Å². The van der Waals surface area contributed by atoms with Crippen molar-refractivity contribution in [3.8, 4) is 0 Å². The van der Waals surface area contributed by atoms with E-state index in [4.69, 9.17) is 16.3 Å². The van der Waals surface area contributed by atoms with Gasteiger partial charge >= 0.3 is 0 Å². The zero-order chi connectivity index (χ0) is 10.7. The maximum Gasteiger partial charge on any atom is 0.224 e. The van der Waals surface area contributed by atoms with Gasteiger partial charge < -0.3 is 10.1 Å². The lowest BCUT2D eigenvalue weighted by atomic mass is 10.1. The molecule has 1 aromatic heterocycles. The van der Waals surface area contributed by atoms with Crippen LogP contribution in [0, 0.1) is 6.92 Å². The summed E-state index contributed by atoms with van der Waals surface area (Å²) < 4.78 is 5.29. The zero-order valence-electron chi connectivity index (χ0n) is 8.66. The number of aryl methyl sites for hydroxylation is 1. The topological polar surface area (TPSA) is 47.0 Å². The molecule has 5 heteroatoms. The Morgan fingerprint density at radius 1 is 1.40 bits per heavy atom. The third-order valence-corrected chi connectivity index (χ3v) is 2.57. The summed E-state index contributed by atoms with van der Waals surface area (Å²) in [6.45, 7) is 3.54. The Morgan fingerprint density at radius 2 is 2.13 bits per heavy atom. The highest BCUT2D eigenvalue weighted by Crippen LogP contribution is 2.15. The molecule has 1 aliphatic rings. The first-order valence-corrected chi connectivity index (χ1v) is 5.47. The van der Waals surface area contributed by atoms with Crippen molar-refractivity contribution in [2.45, 2.75) is 25.8 Å². The first-order chi connectivity index (χ1) is 7.24. The van der Waals surface area contributed by atoms with Gasteiger partial charge in [0, 0.05) is 31.0 Å². The van der Waals surface area contributed by atoms with Crippen LogP contribution in [0.2, 0.25) is 5.28 Å². The number of anilines is 1.